The molecule has 2 amide bonds. The average Bonchev–Trinajstić information content (AvgIpc) is 3.30. The molecule has 202 valence electrons. The van der Waals surface area contributed by atoms with Crippen LogP contribution < -0.4 is 10.1 Å². The van der Waals surface area contributed by atoms with Gasteiger partial charge < -0.3 is 15.0 Å². The van der Waals surface area contributed by atoms with Gasteiger partial charge >= 0.3 is 0 Å². The van der Waals surface area contributed by atoms with Gasteiger partial charge in [0.25, 0.3) is 11.6 Å². The Kier molecular flexibility index (Phi) is 8.88. The average molecular weight is 522 g/mol. The van der Waals surface area contributed by atoms with Crippen molar-refractivity contribution >= 4 is 23.3 Å². The first kappa shape index (κ1) is 28.4. The molecule has 38 heavy (non-hydrogen) atoms. The fourth-order valence-corrected chi connectivity index (χ4v) is 3.71. The van der Waals surface area contributed by atoms with Gasteiger partial charge in [0.2, 0.25) is 5.91 Å². The molecule has 3 rings (SSSR count). The van der Waals surface area contributed by atoms with Crippen molar-refractivity contribution in [2.45, 2.75) is 46.5 Å². The van der Waals surface area contributed by atoms with Crippen LogP contribution in [0.25, 0.3) is 5.69 Å². The van der Waals surface area contributed by atoms with Gasteiger partial charge in [-0.1, -0.05) is 40.7 Å². The Labute approximate surface area is 222 Å². The van der Waals surface area contributed by atoms with Gasteiger partial charge in [-0.05, 0) is 42.7 Å². The van der Waals surface area contributed by atoms with Gasteiger partial charge in [-0.15, -0.1) is 0 Å². The van der Waals surface area contributed by atoms with Gasteiger partial charge in [-0.2, -0.15) is 5.10 Å². The summed E-state index contributed by atoms with van der Waals surface area (Å²) in [7, 11) is 1.59. The van der Waals surface area contributed by atoms with E-state index in [2.05, 4.69) is 5.32 Å². The lowest BCUT2D eigenvalue weighted by atomic mass is 9.92. The highest BCUT2D eigenvalue weighted by Crippen LogP contribution is 2.27. The van der Waals surface area contributed by atoms with E-state index < -0.39 is 16.7 Å². The minimum absolute atomic E-state index is 0.161. The van der Waals surface area contributed by atoms with Gasteiger partial charge in [-0.25, -0.2) is 4.68 Å². The third-order valence-electron chi connectivity index (χ3n) is 5.96. The third kappa shape index (κ3) is 7.18. The van der Waals surface area contributed by atoms with Gasteiger partial charge in [0.05, 0.1) is 23.4 Å². The maximum Gasteiger partial charge on any atom is 0.270 e. The molecule has 10 nitrogen and oxygen atoms in total. The highest BCUT2D eigenvalue weighted by atomic mass is 16.6. The quantitative estimate of drug-likeness (QED) is 0.289. The number of rotatable bonds is 10. The highest BCUT2D eigenvalue weighted by Gasteiger charge is 2.24. The molecule has 0 bridgehead atoms. The molecule has 0 atom stereocenters. The highest BCUT2D eigenvalue weighted by molar-refractivity contribution is 5.99. The van der Waals surface area contributed by atoms with E-state index in [1.54, 1.807) is 11.8 Å². The minimum atomic E-state index is -0.547. The number of hydrogen-bond acceptors (Lipinski definition) is 6. The van der Waals surface area contributed by atoms with E-state index >= 15 is 0 Å². The second-order valence-electron chi connectivity index (χ2n) is 10.5. The molecule has 0 unspecified atom stereocenters. The predicted molar refractivity (Wildman–Crippen MR) is 146 cm³/mol. The molecule has 1 aromatic heterocycles. The molecule has 0 saturated carbocycles. The molecule has 2 aromatic carbocycles. The molecule has 1 N–H and O–H groups in total. The lowest BCUT2D eigenvalue weighted by molar-refractivity contribution is -0.384. The van der Waals surface area contributed by atoms with Crippen LogP contribution in [0.4, 0.5) is 11.5 Å². The third-order valence-corrected chi connectivity index (χ3v) is 5.96. The number of nitrogens with zero attached hydrogens (tertiary/aromatic N) is 4. The number of nitro benzene ring substituents is 1. The predicted octanol–water partition coefficient (Wildman–Crippen LogP) is 5.21. The zero-order chi connectivity index (χ0) is 28.0. The van der Waals surface area contributed by atoms with E-state index in [0.717, 1.165) is 11.4 Å². The summed E-state index contributed by atoms with van der Waals surface area (Å²) in [6, 6.07) is 14.7. The van der Waals surface area contributed by atoms with Crippen molar-refractivity contribution in [2.24, 2.45) is 5.92 Å². The Balaban J connectivity index is 1.88. The fourth-order valence-electron chi connectivity index (χ4n) is 3.71. The van der Waals surface area contributed by atoms with E-state index in [1.165, 1.54) is 29.2 Å². The smallest absolute Gasteiger partial charge is 0.270 e. The molecular weight excluding hydrogens is 486 g/mol. The summed E-state index contributed by atoms with van der Waals surface area (Å²) in [6.45, 7) is 10.3. The van der Waals surface area contributed by atoms with E-state index in [1.807, 2.05) is 65.0 Å². The number of benzene rings is 2. The van der Waals surface area contributed by atoms with Crippen molar-refractivity contribution in [3.63, 3.8) is 0 Å². The molecular formula is C28H35N5O5. The second kappa shape index (κ2) is 11.9. The number of nitrogens with one attached hydrogen (secondary N) is 1. The topological polar surface area (TPSA) is 120 Å². The standard InChI is InChI=1S/C28H35N5O5/c1-19(2)14-15-31(27(35)20-8-7-9-22(16-20)33(36)37)18-26(34)29-25-17-24(28(3,4)5)30-32(25)21-10-12-23(38-6)13-11-21/h7-13,16-17,19H,14-15,18H2,1-6H3,(H,29,34). The van der Waals surface area contributed by atoms with Gasteiger partial charge in [0, 0.05) is 35.7 Å². The van der Waals surface area contributed by atoms with Crippen LogP contribution in [0.5, 0.6) is 5.75 Å². The zero-order valence-electron chi connectivity index (χ0n) is 22.7. The summed E-state index contributed by atoms with van der Waals surface area (Å²) in [5.41, 5.74) is 1.24. The van der Waals surface area contributed by atoms with Crippen LogP contribution in [0.1, 0.15) is 57.1 Å². The van der Waals surface area contributed by atoms with Crippen LogP contribution in [0.3, 0.4) is 0 Å². The van der Waals surface area contributed by atoms with Crippen molar-refractivity contribution in [3.8, 4) is 11.4 Å². The zero-order valence-corrected chi connectivity index (χ0v) is 22.7. The first-order chi connectivity index (χ1) is 17.9. The summed E-state index contributed by atoms with van der Waals surface area (Å²) < 4.78 is 6.90. The number of hydrogen-bond donors (Lipinski definition) is 1. The summed E-state index contributed by atoms with van der Waals surface area (Å²) in [6.07, 6.45) is 0.673. The summed E-state index contributed by atoms with van der Waals surface area (Å²) >= 11 is 0. The maximum absolute atomic E-state index is 13.3. The van der Waals surface area contributed by atoms with Crippen LogP contribution in [0.2, 0.25) is 0 Å². The molecule has 0 saturated heterocycles. The van der Waals surface area contributed by atoms with Crippen molar-refractivity contribution in [1.82, 2.24) is 14.7 Å². The maximum atomic E-state index is 13.3. The lowest BCUT2D eigenvalue weighted by Crippen LogP contribution is -2.39. The first-order valence-corrected chi connectivity index (χ1v) is 12.5. The van der Waals surface area contributed by atoms with E-state index in [4.69, 9.17) is 9.84 Å². The van der Waals surface area contributed by atoms with Crippen LogP contribution >= 0.6 is 0 Å². The number of non-ortho nitro benzene ring substituents is 1. The SMILES string of the molecule is COc1ccc(-n2nc(C(C)(C)C)cc2NC(=O)CN(CCC(C)C)C(=O)c2cccc([N+](=O)[O-])c2)cc1. The Bertz CT molecular complexity index is 1290. The van der Waals surface area contributed by atoms with E-state index in [-0.39, 0.29) is 23.2 Å². The summed E-state index contributed by atoms with van der Waals surface area (Å²) in [5, 5.41) is 18.8. The minimum Gasteiger partial charge on any atom is -0.497 e. The van der Waals surface area contributed by atoms with Crippen molar-refractivity contribution < 1.29 is 19.2 Å². The number of carbonyl (C=O) groups excluding carboxylic acids is 2. The van der Waals surface area contributed by atoms with Gasteiger partial charge in [-0.3, -0.25) is 19.7 Å². The number of carbonyl (C=O) groups is 2. The molecule has 1 heterocycles. The molecule has 0 aliphatic carbocycles. The van der Waals surface area contributed by atoms with Gasteiger partial charge in [0.1, 0.15) is 18.1 Å². The molecule has 0 aliphatic heterocycles. The fraction of sp³-hybridized carbons (Fsp3) is 0.393. The Hall–Kier alpha value is -4.21. The summed E-state index contributed by atoms with van der Waals surface area (Å²) in [4.78, 5) is 38.6. The Morgan fingerprint density at radius 2 is 1.82 bits per heavy atom. The molecule has 0 fully saturated rings. The largest absolute Gasteiger partial charge is 0.497 e. The van der Waals surface area contributed by atoms with Crippen molar-refractivity contribution in [3.05, 3.63) is 76.0 Å². The number of aromatic nitrogens is 2. The van der Waals surface area contributed by atoms with Crippen molar-refractivity contribution in [1.29, 1.82) is 0 Å². The number of methoxy groups -OCH3 is 1. The normalized spacial score (nSPS) is 11.3. The Morgan fingerprint density at radius 1 is 1.13 bits per heavy atom. The van der Waals surface area contributed by atoms with Crippen LogP contribution in [0, 0.1) is 16.0 Å². The van der Waals surface area contributed by atoms with Crippen LogP contribution in [-0.4, -0.2) is 51.6 Å². The lowest BCUT2D eigenvalue weighted by Gasteiger charge is -2.23. The molecule has 0 spiro atoms. The molecule has 10 heteroatoms. The Morgan fingerprint density at radius 3 is 2.39 bits per heavy atom. The monoisotopic (exact) mass is 521 g/mol. The number of ether oxygens (including phenoxy) is 1. The number of amides is 2. The van der Waals surface area contributed by atoms with E-state index in [9.17, 15) is 19.7 Å². The molecule has 3 aromatic rings. The van der Waals surface area contributed by atoms with E-state index in [0.29, 0.717) is 30.5 Å². The molecule has 0 radical (unpaired) electrons. The van der Waals surface area contributed by atoms with Gasteiger partial charge in [0.15, 0.2) is 0 Å². The van der Waals surface area contributed by atoms with Crippen LogP contribution in [0.15, 0.2) is 54.6 Å². The summed E-state index contributed by atoms with van der Waals surface area (Å²) in [5.74, 6) is 0.621. The number of nitro groups is 1. The second-order valence-corrected chi connectivity index (χ2v) is 10.5. The van der Waals surface area contributed by atoms with Crippen molar-refractivity contribution in [2.75, 3.05) is 25.5 Å². The number of anilines is 1. The first-order valence-electron chi connectivity index (χ1n) is 12.5. The molecule has 0 aliphatic rings. The van der Waals surface area contributed by atoms with Crippen LogP contribution in [-0.2, 0) is 10.2 Å².